The van der Waals surface area contributed by atoms with Gasteiger partial charge in [0.25, 0.3) is 0 Å². The number of hydrogen-bond donors (Lipinski definition) is 3. The van der Waals surface area contributed by atoms with Crippen molar-refractivity contribution < 1.29 is 27.0 Å². The largest absolute Gasteiger partial charge is 0.494 e. The Morgan fingerprint density at radius 3 is 2.27 bits per heavy atom. The number of aryl methyl sites for hydroxylation is 1. The second-order valence-corrected chi connectivity index (χ2v) is 13.5. The SMILES string of the molecule is COc1cccc(OC)c1-n1c(NS(=O)(=O)[C@@H](C)[C@H](C)c2ncc(C)cn2)nnc1C1CCS(O)(O)C1. The van der Waals surface area contributed by atoms with Gasteiger partial charge in [0, 0.05) is 35.7 Å². The van der Waals surface area contributed by atoms with Crippen LogP contribution in [-0.4, -0.2) is 73.2 Å². The van der Waals surface area contributed by atoms with Crippen molar-refractivity contribution in [1.29, 1.82) is 0 Å². The summed E-state index contributed by atoms with van der Waals surface area (Å²) >= 11 is 0. The van der Waals surface area contributed by atoms with E-state index in [0.29, 0.717) is 35.3 Å². The molecule has 3 N–H and O–H groups in total. The molecule has 202 valence electrons. The average molecular weight is 553 g/mol. The van der Waals surface area contributed by atoms with Gasteiger partial charge in [-0.15, -0.1) is 10.2 Å². The summed E-state index contributed by atoms with van der Waals surface area (Å²) in [6.07, 6.45) is 3.76. The standard InChI is InChI=1S/C23H32N6O6S2/c1-14-11-24-21(25-12-14)15(2)16(3)37(32,33)28-23-27-26-22(17-9-10-36(30,31)13-17)29(23)20-18(34-4)7-6-8-19(20)35-5/h6-8,11-12,15-17,30-31H,9-10,13H2,1-5H3,(H,27,28)/t15-,16-,17?/m0/s1. The Hall–Kier alpha value is -2.94. The van der Waals surface area contributed by atoms with Crippen LogP contribution in [0.15, 0.2) is 30.6 Å². The third-order valence-corrected chi connectivity index (χ3v) is 10.3. The Labute approximate surface area is 217 Å². The molecule has 1 saturated heterocycles. The molecule has 1 aromatic carbocycles. The molecule has 0 amide bonds. The van der Waals surface area contributed by atoms with Gasteiger partial charge in [-0.05, 0) is 38.0 Å². The van der Waals surface area contributed by atoms with Gasteiger partial charge < -0.3 is 9.47 Å². The minimum atomic E-state index is -4.00. The molecule has 0 radical (unpaired) electrons. The molecule has 1 fully saturated rings. The van der Waals surface area contributed by atoms with Crippen LogP contribution in [0.2, 0.25) is 0 Å². The molecule has 0 saturated carbocycles. The van der Waals surface area contributed by atoms with E-state index in [2.05, 4.69) is 24.9 Å². The topological polar surface area (TPSA) is 162 Å². The lowest BCUT2D eigenvalue weighted by molar-refractivity contribution is 0.390. The van der Waals surface area contributed by atoms with Gasteiger partial charge in [0.2, 0.25) is 16.0 Å². The summed E-state index contributed by atoms with van der Waals surface area (Å²) in [5, 5.41) is 7.55. The van der Waals surface area contributed by atoms with E-state index in [0.717, 1.165) is 5.56 Å². The molecular weight excluding hydrogens is 520 g/mol. The number of anilines is 1. The molecule has 0 spiro atoms. The smallest absolute Gasteiger partial charge is 0.243 e. The summed E-state index contributed by atoms with van der Waals surface area (Å²) in [7, 11) is -3.78. The lowest BCUT2D eigenvalue weighted by Gasteiger charge is -2.26. The molecule has 1 unspecified atom stereocenters. The van der Waals surface area contributed by atoms with Crippen LogP contribution in [-0.2, 0) is 10.0 Å². The van der Waals surface area contributed by atoms with Crippen LogP contribution in [0.5, 0.6) is 11.5 Å². The Balaban J connectivity index is 1.78. The van der Waals surface area contributed by atoms with Crippen molar-refractivity contribution in [2.75, 3.05) is 30.4 Å². The number of methoxy groups -OCH3 is 2. The molecule has 14 heteroatoms. The minimum Gasteiger partial charge on any atom is -0.494 e. The van der Waals surface area contributed by atoms with Crippen LogP contribution < -0.4 is 14.2 Å². The molecule has 37 heavy (non-hydrogen) atoms. The van der Waals surface area contributed by atoms with Crippen LogP contribution in [0.25, 0.3) is 5.69 Å². The van der Waals surface area contributed by atoms with Crippen molar-refractivity contribution in [3.63, 3.8) is 0 Å². The summed E-state index contributed by atoms with van der Waals surface area (Å²) in [5.41, 5.74) is 1.27. The van der Waals surface area contributed by atoms with E-state index in [4.69, 9.17) is 9.47 Å². The summed E-state index contributed by atoms with van der Waals surface area (Å²) in [6.45, 7) is 5.18. The van der Waals surface area contributed by atoms with Crippen molar-refractivity contribution in [3.8, 4) is 17.2 Å². The first kappa shape index (κ1) is 27.1. The van der Waals surface area contributed by atoms with Crippen LogP contribution in [0, 0.1) is 6.92 Å². The van der Waals surface area contributed by atoms with Gasteiger partial charge in [0.1, 0.15) is 28.8 Å². The minimum absolute atomic E-state index is 0.0648. The van der Waals surface area contributed by atoms with Crippen molar-refractivity contribution >= 4 is 26.6 Å². The van der Waals surface area contributed by atoms with E-state index in [-0.39, 0.29) is 23.4 Å². The van der Waals surface area contributed by atoms with E-state index in [9.17, 15) is 17.5 Å². The predicted octanol–water partition coefficient (Wildman–Crippen LogP) is 3.55. The zero-order valence-electron chi connectivity index (χ0n) is 21.3. The maximum atomic E-state index is 13.5. The van der Waals surface area contributed by atoms with Gasteiger partial charge in [-0.1, -0.05) is 13.0 Å². The molecule has 1 aliphatic rings. The summed E-state index contributed by atoms with van der Waals surface area (Å²) in [6, 6.07) is 5.16. The number of nitrogens with one attached hydrogen (secondary N) is 1. The number of hydrogen-bond acceptors (Lipinski definition) is 10. The van der Waals surface area contributed by atoms with E-state index >= 15 is 0 Å². The van der Waals surface area contributed by atoms with Gasteiger partial charge in [-0.25, -0.2) is 18.4 Å². The number of aromatic nitrogens is 5. The highest BCUT2D eigenvalue weighted by Crippen LogP contribution is 2.52. The van der Waals surface area contributed by atoms with Crippen LogP contribution >= 0.6 is 10.6 Å². The van der Waals surface area contributed by atoms with Crippen LogP contribution in [0.3, 0.4) is 0 Å². The van der Waals surface area contributed by atoms with Crippen molar-refractivity contribution in [2.24, 2.45) is 0 Å². The van der Waals surface area contributed by atoms with Crippen molar-refractivity contribution in [3.05, 3.63) is 47.8 Å². The van der Waals surface area contributed by atoms with Crippen molar-refractivity contribution in [2.45, 2.75) is 44.3 Å². The Morgan fingerprint density at radius 1 is 1.11 bits per heavy atom. The van der Waals surface area contributed by atoms with Crippen LogP contribution in [0.4, 0.5) is 5.95 Å². The van der Waals surface area contributed by atoms with Gasteiger partial charge in [-0.2, -0.15) is 10.6 Å². The fourth-order valence-electron chi connectivity index (χ4n) is 4.26. The molecule has 1 aliphatic heterocycles. The molecule has 3 atom stereocenters. The van der Waals surface area contributed by atoms with Gasteiger partial charge >= 0.3 is 0 Å². The average Bonchev–Trinajstić information content (AvgIpc) is 3.44. The highest BCUT2D eigenvalue weighted by molar-refractivity contribution is 8.24. The lowest BCUT2D eigenvalue weighted by atomic mass is 10.1. The summed E-state index contributed by atoms with van der Waals surface area (Å²) < 4.78 is 62.8. The second-order valence-electron chi connectivity index (χ2n) is 9.15. The number of ether oxygens (including phenoxy) is 2. The Kier molecular flexibility index (Phi) is 7.65. The third-order valence-electron chi connectivity index (χ3n) is 6.58. The summed E-state index contributed by atoms with van der Waals surface area (Å²) in [5.74, 6) is 0.992. The van der Waals surface area contributed by atoms with Crippen LogP contribution in [0.1, 0.15) is 49.3 Å². The first-order valence-corrected chi connectivity index (χ1v) is 15.1. The van der Waals surface area contributed by atoms with Gasteiger partial charge in [-0.3, -0.25) is 18.4 Å². The summed E-state index contributed by atoms with van der Waals surface area (Å²) in [4.78, 5) is 8.57. The maximum Gasteiger partial charge on any atom is 0.243 e. The Morgan fingerprint density at radius 2 is 1.73 bits per heavy atom. The second kappa shape index (κ2) is 10.4. The first-order chi connectivity index (χ1) is 17.5. The Bertz CT molecular complexity index is 1340. The van der Waals surface area contributed by atoms with E-state index in [1.165, 1.54) is 18.8 Å². The molecule has 0 bridgehead atoms. The maximum absolute atomic E-state index is 13.5. The van der Waals surface area contributed by atoms with E-state index in [1.54, 1.807) is 44.4 Å². The highest BCUT2D eigenvalue weighted by atomic mass is 32.3. The molecule has 2 aromatic heterocycles. The normalized spacial score (nSPS) is 19.7. The predicted molar refractivity (Wildman–Crippen MR) is 142 cm³/mol. The monoisotopic (exact) mass is 552 g/mol. The number of sulfonamides is 1. The van der Waals surface area contributed by atoms with E-state index < -0.39 is 31.8 Å². The highest BCUT2D eigenvalue weighted by Gasteiger charge is 2.37. The number of para-hydroxylation sites is 1. The zero-order valence-corrected chi connectivity index (χ0v) is 23.0. The molecule has 0 aliphatic carbocycles. The molecule has 3 aromatic rings. The fraction of sp³-hybridized carbons (Fsp3) is 0.478. The molecule has 4 rings (SSSR count). The van der Waals surface area contributed by atoms with E-state index in [1.807, 2.05) is 6.92 Å². The zero-order chi connectivity index (χ0) is 27.0. The number of nitrogens with zero attached hydrogens (tertiary/aromatic N) is 5. The van der Waals surface area contributed by atoms with Gasteiger partial charge in [0.15, 0.2) is 0 Å². The number of rotatable bonds is 9. The molecule has 12 nitrogen and oxygen atoms in total. The third kappa shape index (κ3) is 5.51. The van der Waals surface area contributed by atoms with Crippen molar-refractivity contribution in [1.82, 2.24) is 24.7 Å². The quantitative estimate of drug-likeness (QED) is 0.358. The number of benzene rings is 1. The molecular formula is C23H32N6O6S2. The first-order valence-electron chi connectivity index (χ1n) is 11.7. The molecule has 3 heterocycles. The fourth-order valence-corrected chi connectivity index (χ4v) is 7.28. The van der Waals surface area contributed by atoms with Gasteiger partial charge in [0.05, 0.1) is 19.5 Å². The lowest BCUT2D eigenvalue weighted by Crippen LogP contribution is -2.31.